The molecule has 3 nitrogen and oxygen atoms in total. The molecule has 0 atom stereocenters. The van der Waals surface area contributed by atoms with E-state index in [2.05, 4.69) is 20.9 Å². The number of halogens is 1. The molecule has 0 aliphatic heterocycles. The van der Waals surface area contributed by atoms with Crippen molar-refractivity contribution in [1.82, 2.24) is 4.98 Å². The summed E-state index contributed by atoms with van der Waals surface area (Å²) in [5, 5.41) is 0. The first-order valence-electron chi connectivity index (χ1n) is 5.30. The number of nitrogens with zero attached hydrogens (tertiary/aromatic N) is 1. The van der Waals surface area contributed by atoms with Gasteiger partial charge in [0.15, 0.2) is 0 Å². The molecule has 0 amide bonds. The largest absolute Gasteiger partial charge is 0.487 e. The van der Waals surface area contributed by atoms with Crippen LogP contribution in [0.1, 0.15) is 11.3 Å². The lowest BCUT2D eigenvalue weighted by Gasteiger charge is -2.06. The van der Waals surface area contributed by atoms with Crippen molar-refractivity contribution in [1.29, 1.82) is 0 Å². The summed E-state index contributed by atoms with van der Waals surface area (Å²) in [7, 11) is 0. The molecule has 0 aliphatic rings. The Morgan fingerprint density at radius 1 is 1.24 bits per heavy atom. The molecule has 1 aromatic heterocycles. The van der Waals surface area contributed by atoms with E-state index in [1.807, 2.05) is 36.4 Å². The predicted octanol–water partition coefficient (Wildman–Crippen LogP) is 2.88. The molecule has 88 valence electrons. The van der Waals surface area contributed by atoms with Crippen molar-refractivity contribution >= 4 is 15.9 Å². The zero-order valence-electron chi connectivity index (χ0n) is 9.27. The summed E-state index contributed by atoms with van der Waals surface area (Å²) in [6.45, 7) is 0.969. The molecule has 0 aliphatic carbocycles. The number of hydrogen-bond acceptors (Lipinski definition) is 3. The third-order valence-corrected chi connectivity index (χ3v) is 2.79. The van der Waals surface area contributed by atoms with Gasteiger partial charge in [-0.3, -0.25) is 4.98 Å². The van der Waals surface area contributed by atoms with Gasteiger partial charge in [0.1, 0.15) is 12.4 Å². The van der Waals surface area contributed by atoms with Crippen LogP contribution in [0.15, 0.2) is 47.1 Å². The highest BCUT2D eigenvalue weighted by Crippen LogP contribution is 2.18. The third kappa shape index (κ3) is 3.54. The molecule has 0 fully saturated rings. The maximum atomic E-state index is 5.64. The van der Waals surface area contributed by atoms with Gasteiger partial charge in [-0.1, -0.05) is 22.0 Å². The van der Waals surface area contributed by atoms with Gasteiger partial charge in [0.2, 0.25) is 0 Å². The molecule has 2 rings (SSSR count). The molecule has 0 spiro atoms. The topological polar surface area (TPSA) is 48.1 Å². The van der Waals surface area contributed by atoms with Crippen LogP contribution in [-0.4, -0.2) is 4.98 Å². The van der Waals surface area contributed by atoms with Crippen LogP contribution in [0.2, 0.25) is 0 Å². The maximum absolute atomic E-state index is 5.64. The first-order chi connectivity index (χ1) is 8.28. The average Bonchev–Trinajstić information content (AvgIpc) is 2.37. The molecular formula is C13H13BrN2O. The van der Waals surface area contributed by atoms with E-state index >= 15 is 0 Å². The monoisotopic (exact) mass is 292 g/mol. The van der Waals surface area contributed by atoms with Crippen LogP contribution in [0, 0.1) is 0 Å². The lowest BCUT2D eigenvalue weighted by Crippen LogP contribution is -2.02. The summed E-state index contributed by atoms with van der Waals surface area (Å²) < 4.78 is 6.64. The van der Waals surface area contributed by atoms with Crippen LogP contribution in [0.4, 0.5) is 0 Å². The van der Waals surface area contributed by atoms with Crippen molar-refractivity contribution < 1.29 is 4.74 Å². The van der Waals surface area contributed by atoms with Crippen LogP contribution >= 0.6 is 15.9 Å². The van der Waals surface area contributed by atoms with Gasteiger partial charge in [-0.05, 0) is 35.9 Å². The van der Waals surface area contributed by atoms with Gasteiger partial charge in [0.05, 0.1) is 5.69 Å². The Bertz CT molecular complexity index is 502. The fourth-order valence-corrected chi connectivity index (χ4v) is 1.83. The number of aromatic nitrogens is 1. The third-order valence-electron chi connectivity index (χ3n) is 2.30. The second-order valence-corrected chi connectivity index (χ2v) is 4.52. The van der Waals surface area contributed by atoms with Crippen molar-refractivity contribution in [3.05, 3.63) is 58.3 Å². The summed E-state index contributed by atoms with van der Waals surface area (Å²) in [5.41, 5.74) is 7.52. The van der Waals surface area contributed by atoms with Crippen LogP contribution < -0.4 is 10.5 Å². The molecule has 0 bridgehead atoms. The molecule has 1 aromatic carbocycles. The Labute approximate surface area is 109 Å². The van der Waals surface area contributed by atoms with Crippen molar-refractivity contribution in [2.24, 2.45) is 5.73 Å². The van der Waals surface area contributed by atoms with E-state index in [9.17, 15) is 0 Å². The minimum Gasteiger partial charge on any atom is -0.487 e. The Morgan fingerprint density at radius 3 is 2.88 bits per heavy atom. The lowest BCUT2D eigenvalue weighted by atomic mass is 10.2. The van der Waals surface area contributed by atoms with E-state index in [0.717, 1.165) is 21.5 Å². The second-order valence-electron chi connectivity index (χ2n) is 3.61. The smallest absolute Gasteiger partial charge is 0.130 e. The molecule has 0 saturated heterocycles. The van der Waals surface area contributed by atoms with Crippen molar-refractivity contribution in [2.45, 2.75) is 13.2 Å². The zero-order valence-corrected chi connectivity index (χ0v) is 10.9. The molecule has 17 heavy (non-hydrogen) atoms. The van der Waals surface area contributed by atoms with Crippen LogP contribution in [-0.2, 0) is 13.2 Å². The van der Waals surface area contributed by atoms with Gasteiger partial charge in [0, 0.05) is 17.2 Å². The van der Waals surface area contributed by atoms with Gasteiger partial charge < -0.3 is 10.5 Å². The quantitative estimate of drug-likeness (QED) is 0.943. The molecule has 0 radical (unpaired) electrons. The highest BCUT2D eigenvalue weighted by molar-refractivity contribution is 9.10. The molecule has 2 N–H and O–H groups in total. The number of hydrogen-bond donors (Lipinski definition) is 1. The van der Waals surface area contributed by atoms with Gasteiger partial charge in [-0.15, -0.1) is 0 Å². The van der Waals surface area contributed by atoms with Crippen molar-refractivity contribution in [3.63, 3.8) is 0 Å². The normalized spacial score (nSPS) is 10.2. The summed E-state index contributed by atoms with van der Waals surface area (Å²) in [5.74, 6) is 0.819. The SMILES string of the molecule is NCc1ccnc(COc2cccc(Br)c2)c1. The summed E-state index contributed by atoms with van der Waals surface area (Å²) >= 11 is 3.40. The first kappa shape index (κ1) is 12.1. The Kier molecular flexibility index (Phi) is 4.12. The zero-order chi connectivity index (χ0) is 12.1. The van der Waals surface area contributed by atoms with Crippen LogP contribution in [0.3, 0.4) is 0 Å². The molecule has 2 aromatic rings. The molecule has 0 saturated carbocycles. The molecule has 0 unspecified atom stereocenters. The lowest BCUT2D eigenvalue weighted by molar-refractivity contribution is 0.301. The number of nitrogens with two attached hydrogens (primary N) is 1. The number of benzene rings is 1. The van der Waals surface area contributed by atoms with E-state index in [-0.39, 0.29) is 0 Å². The Morgan fingerprint density at radius 2 is 2.12 bits per heavy atom. The van der Waals surface area contributed by atoms with Crippen LogP contribution in [0.5, 0.6) is 5.75 Å². The maximum Gasteiger partial charge on any atom is 0.130 e. The minimum absolute atomic E-state index is 0.449. The van der Waals surface area contributed by atoms with Crippen LogP contribution in [0.25, 0.3) is 0 Å². The predicted molar refractivity (Wildman–Crippen MR) is 70.6 cm³/mol. The fraction of sp³-hybridized carbons (Fsp3) is 0.154. The van der Waals surface area contributed by atoms with E-state index in [4.69, 9.17) is 10.5 Å². The van der Waals surface area contributed by atoms with Crippen molar-refractivity contribution in [2.75, 3.05) is 0 Å². The van der Waals surface area contributed by atoms with E-state index in [1.54, 1.807) is 6.20 Å². The van der Waals surface area contributed by atoms with E-state index in [1.165, 1.54) is 0 Å². The average molecular weight is 293 g/mol. The molecule has 4 heteroatoms. The van der Waals surface area contributed by atoms with E-state index < -0.39 is 0 Å². The standard InChI is InChI=1S/C13H13BrN2O/c14-11-2-1-3-13(7-11)17-9-12-6-10(8-15)4-5-16-12/h1-7H,8-9,15H2. The highest BCUT2D eigenvalue weighted by atomic mass is 79.9. The highest BCUT2D eigenvalue weighted by Gasteiger charge is 1.99. The van der Waals surface area contributed by atoms with Gasteiger partial charge in [0.25, 0.3) is 0 Å². The number of rotatable bonds is 4. The molecular weight excluding hydrogens is 280 g/mol. The molecule has 1 heterocycles. The van der Waals surface area contributed by atoms with E-state index in [0.29, 0.717) is 13.2 Å². The van der Waals surface area contributed by atoms with Crippen molar-refractivity contribution in [3.8, 4) is 5.75 Å². The Balaban J connectivity index is 2.02. The fourth-order valence-electron chi connectivity index (χ4n) is 1.45. The first-order valence-corrected chi connectivity index (χ1v) is 6.09. The summed E-state index contributed by atoms with van der Waals surface area (Å²) in [6, 6.07) is 11.6. The summed E-state index contributed by atoms with van der Waals surface area (Å²) in [4.78, 5) is 4.23. The number of pyridine rings is 1. The summed E-state index contributed by atoms with van der Waals surface area (Å²) in [6.07, 6.45) is 1.75. The Hall–Kier alpha value is -1.39. The second kappa shape index (κ2) is 5.80. The number of ether oxygens (including phenoxy) is 1. The van der Waals surface area contributed by atoms with Gasteiger partial charge >= 0.3 is 0 Å². The van der Waals surface area contributed by atoms with Gasteiger partial charge in [-0.2, -0.15) is 0 Å². The van der Waals surface area contributed by atoms with Gasteiger partial charge in [-0.25, -0.2) is 0 Å². The minimum atomic E-state index is 0.449.